The van der Waals surface area contributed by atoms with Gasteiger partial charge in [0.1, 0.15) is 12.0 Å². The Morgan fingerprint density at radius 1 is 0.743 bits per heavy atom. The van der Waals surface area contributed by atoms with Gasteiger partial charge in [0.25, 0.3) is 11.6 Å². The van der Waals surface area contributed by atoms with Crippen molar-refractivity contribution in [2.45, 2.75) is 6.04 Å². The van der Waals surface area contributed by atoms with Crippen molar-refractivity contribution in [1.82, 2.24) is 0 Å². The normalized spacial score (nSPS) is 19.3. The molecule has 4 aromatic rings. The summed E-state index contributed by atoms with van der Waals surface area (Å²) in [5.74, 6) is -1.57. The third-order valence-electron chi connectivity index (χ3n) is 6.43. The lowest BCUT2D eigenvalue weighted by atomic mass is 9.92. The van der Waals surface area contributed by atoms with E-state index in [2.05, 4.69) is 5.10 Å². The number of imide groups is 1. The van der Waals surface area contributed by atoms with Crippen LogP contribution in [0.5, 0.6) is 0 Å². The van der Waals surface area contributed by atoms with Gasteiger partial charge in [-0.25, -0.2) is 4.90 Å². The van der Waals surface area contributed by atoms with Crippen molar-refractivity contribution in [2.75, 3.05) is 9.91 Å². The van der Waals surface area contributed by atoms with Gasteiger partial charge in [-0.1, -0.05) is 48.5 Å². The first kappa shape index (κ1) is 20.7. The Hall–Kier alpha value is -4.85. The smallest absolute Gasteiger partial charge is 0.269 e. The quantitative estimate of drug-likeness (QED) is 0.252. The molecule has 2 atom stereocenters. The predicted molar refractivity (Wildman–Crippen MR) is 132 cm³/mol. The molecule has 170 valence electrons. The summed E-state index contributed by atoms with van der Waals surface area (Å²) in [7, 11) is 0. The fourth-order valence-electron chi connectivity index (χ4n) is 4.77. The number of benzene rings is 4. The number of nitro benzene ring substituents is 1. The molecule has 2 aliphatic heterocycles. The molecule has 8 heteroatoms. The van der Waals surface area contributed by atoms with Gasteiger partial charge in [0.15, 0.2) is 0 Å². The van der Waals surface area contributed by atoms with Crippen LogP contribution in [0.3, 0.4) is 0 Å². The van der Waals surface area contributed by atoms with Gasteiger partial charge < -0.3 is 0 Å². The van der Waals surface area contributed by atoms with Crippen LogP contribution in [0.1, 0.15) is 5.56 Å². The van der Waals surface area contributed by atoms with E-state index in [1.807, 2.05) is 66.7 Å². The van der Waals surface area contributed by atoms with Crippen LogP contribution in [0.2, 0.25) is 0 Å². The zero-order chi connectivity index (χ0) is 24.1. The van der Waals surface area contributed by atoms with Crippen LogP contribution in [0, 0.1) is 16.0 Å². The lowest BCUT2D eigenvalue weighted by molar-refractivity contribution is -0.384. The summed E-state index contributed by atoms with van der Waals surface area (Å²) in [5, 5.41) is 19.3. The second-order valence-electron chi connectivity index (χ2n) is 8.44. The minimum absolute atomic E-state index is 0.0598. The largest absolute Gasteiger partial charge is 0.273 e. The van der Waals surface area contributed by atoms with Crippen molar-refractivity contribution in [3.8, 4) is 0 Å². The molecule has 2 aliphatic rings. The van der Waals surface area contributed by atoms with Crippen molar-refractivity contribution < 1.29 is 14.5 Å². The van der Waals surface area contributed by atoms with E-state index in [9.17, 15) is 19.7 Å². The van der Waals surface area contributed by atoms with Gasteiger partial charge in [0.2, 0.25) is 5.91 Å². The molecule has 0 bridgehead atoms. The topological polar surface area (TPSA) is 96.1 Å². The molecular weight excluding hydrogens is 444 g/mol. The number of carbonyl (C=O) groups excluding carboxylic acids is 2. The highest BCUT2D eigenvalue weighted by molar-refractivity contribution is 6.34. The second kappa shape index (κ2) is 7.88. The van der Waals surface area contributed by atoms with Gasteiger partial charge in [0.05, 0.1) is 22.0 Å². The molecule has 6 rings (SSSR count). The molecule has 1 fully saturated rings. The van der Waals surface area contributed by atoms with Crippen LogP contribution in [-0.2, 0) is 9.59 Å². The molecule has 4 aromatic carbocycles. The fourth-order valence-corrected chi connectivity index (χ4v) is 4.77. The number of hydrogen-bond acceptors (Lipinski definition) is 6. The molecular formula is C27H18N4O4. The highest BCUT2D eigenvalue weighted by Gasteiger charge is 2.57. The van der Waals surface area contributed by atoms with Crippen molar-refractivity contribution in [3.05, 3.63) is 113 Å². The monoisotopic (exact) mass is 462 g/mol. The summed E-state index contributed by atoms with van der Waals surface area (Å²) in [6, 6.07) is 27.5. The van der Waals surface area contributed by atoms with Crippen LogP contribution < -0.4 is 9.91 Å². The van der Waals surface area contributed by atoms with Crippen LogP contribution in [0.4, 0.5) is 17.1 Å². The third kappa shape index (κ3) is 3.26. The summed E-state index contributed by atoms with van der Waals surface area (Å²) < 4.78 is 0. The number of non-ortho nitro benzene ring substituents is 1. The number of nitro groups is 1. The molecule has 0 aliphatic carbocycles. The summed E-state index contributed by atoms with van der Waals surface area (Å²) in [5.41, 5.74) is 2.10. The van der Waals surface area contributed by atoms with Crippen molar-refractivity contribution in [2.24, 2.45) is 11.0 Å². The maximum absolute atomic E-state index is 13.8. The number of carbonyl (C=O) groups is 2. The predicted octanol–water partition coefficient (Wildman–Crippen LogP) is 4.53. The molecule has 0 unspecified atom stereocenters. The van der Waals surface area contributed by atoms with E-state index in [0.717, 1.165) is 10.8 Å². The molecule has 0 spiro atoms. The van der Waals surface area contributed by atoms with Gasteiger partial charge in [-0.3, -0.25) is 24.7 Å². The van der Waals surface area contributed by atoms with Crippen LogP contribution >= 0.6 is 0 Å². The number of para-hydroxylation sites is 1. The zero-order valence-corrected chi connectivity index (χ0v) is 18.3. The number of anilines is 2. The molecule has 0 aromatic heterocycles. The first-order valence-corrected chi connectivity index (χ1v) is 11.1. The van der Waals surface area contributed by atoms with Crippen LogP contribution in [0.25, 0.3) is 10.8 Å². The van der Waals surface area contributed by atoms with Crippen molar-refractivity contribution in [3.63, 3.8) is 0 Å². The lowest BCUT2D eigenvalue weighted by Crippen LogP contribution is -2.39. The Morgan fingerprint density at radius 2 is 1.43 bits per heavy atom. The van der Waals surface area contributed by atoms with Crippen LogP contribution in [-0.4, -0.2) is 28.5 Å². The number of hydrogen-bond donors (Lipinski definition) is 0. The van der Waals surface area contributed by atoms with Crippen molar-refractivity contribution >= 4 is 45.4 Å². The highest BCUT2D eigenvalue weighted by atomic mass is 16.6. The minimum atomic E-state index is -0.846. The van der Waals surface area contributed by atoms with E-state index < -0.39 is 16.9 Å². The van der Waals surface area contributed by atoms with Crippen molar-refractivity contribution in [1.29, 1.82) is 0 Å². The molecule has 2 heterocycles. The second-order valence-corrected chi connectivity index (χ2v) is 8.44. The highest BCUT2D eigenvalue weighted by Crippen LogP contribution is 2.40. The number of hydrazone groups is 1. The SMILES string of the molecule is O=C1[C@@H]2C(c3ccc([N+](=O)[O-])cc3)=NN(c3ccccc3)[C@@H]2C(=O)N1c1ccc2ccccc2c1. The zero-order valence-electron chi connectivity index (χ0n) is 18.3. The molecule has 2 amide bonds. The Bertz CT molecular complexity index is 1530. The van der Waals surface area contributed by atoms with Gasteiger partial charge >= 0.3 is 0 Å². The molecule has 35 heavy (non-hydrogen) atoms. The van der Waals surface area contributed by atoms with E-state index >= 15 is 0 Å². The number of amides is 2. The lowest BCUT2D eigenvalue weighted by Gasteiger charge is -2.22. The molecule has 0 N–H and O–H groups in total. The number of nitrogens with zero attached hydrogens (tertiary/aromatic N) is 4. The third-order valence-corrected chi connectivity index (χ3v) is 6.43. The molecule has 8 nitrogen and oxygen atoms in total. The van der Waals surface area contributed by atoms with E-state index in [4.69, 9.17) is 0 Å². The van der Waals surface area contributed by atoms with E-state index in [1.54, 1.807) is 23.2 Å². The maximum Gasteiger partial charge on any atom is 0.269 e. The average Bonchev–Trinajstić information content (AvgIpc) is 3.41. The average molecular weight is 462 g/mol. The molecule has 1 saturated heterocycles. The number of rotatable bonds is 4. The Morgan fingerprint density at radius 3 is 2.14 bits per heavy atom. The Labute approximate surface area is 199 Å². The van der Waals surface area contributed by atoms with E-state index in [-0.39, 0.29) is 17.5 Å². The van der Waals surface area contributed by atoms with E-state index in [0.29, 0.717) is 22.6 Å². The molecule has 0 saturated carbocycles. The standard InChI is InChI=1S/C27H18N4O4/c32-26-23-24(18-11-13-21(14-12-18)31(34)35)28-30(20-8-2-1-3-9-20)25(23)27(33)29(26)22-15-10-17-6-4-5-7-19(17)16-22/h1-16,23,25H/t23-,25+/m1/s1. The first-order valence-electron chi connectivity index (χ1n) is 11.1. The summed E-state index contributed by atoms with van der Waals surface area (Å²) >= 11 is 0. The summed E-state index contributed by atoms with van der Waals surface area (Å²) in [4.78, 5) is 39.4. The van der Waals surface area contributed by atoms with Gasteiger partial charge in [-0.15, -0.1) is 0 Å². The minimum Gasteiger partial charge on any atom is -0.273 e. The van der Waals surface area contributed by atoms with Gasteiger partial charge in [-0.2, -0.15) is 5.10 Å². The Balaban J connectivity index is 1.46. The summed E-state index contributed by atoms with van der Waals surface area (Å²) in [6.45, 7) is 0. The van der Waals surface area contributed by atoms with Gasteiger partial charge in [0, 0.05) is 12.1 Å². The Kier molecular flexibility index (Phi) is 4.67. The number of fused-ring (bicyclic) bond motifs is 2. The van der Waals surface area contributed by atoms with E-state index in [1.165, 1.54) is 17.0 Å². The maximum atomic E-state index is 13.8. The molecule has 0 radical (unpaired) electrons. The van der Waals surface area contributed by atoms with Crippen LogP contribution in [0.15, 0.2) is 102 Å². The first-order chi connectivity index (χ1) is 17.0. The summed E-state index contributed by atoms with van der Waals surface area (Å²) in [6.07, 6.45) is 0. The van der Waals surface area contributed by atoms with Gasteiger partial charge in [-0.05, 0) is 52.7 Å². The fraction of sp³-hybridized carbons (Fsp3) is 0.0741.